The van der Waals surface area contributed by atoms with Crippen LogP contribution in [0.25, 0.3) is 0 Å². The number of fused-ring (bicyclic) bond motifs is 1. The molecule has 2 N–H and O–H groups in total. The molecule has 0 saturated carbocycles. The lowest BCUT2D eigenvalue weighted by Crippen LogP contribution is -2.65. The molecule has 0 amide bonds. The molecular formula is C13H15Cl3N2O7. The third kappa shape index (κ3) is 4.68. The minimum absolute atomic E-state index is 0.0147. The van der Waals surface area contributed by atoms with Gasteiger partial charge in [0.15, 0.2) is 6.61 Å². The number of rotatable bonds is 5. The molecule has 140 valence electrons. The van der Waals surface area contributed by atoms with Crippen LogP contribution in [-0.2, 0) is 19.0 Å². The smallest absolute Gasteiger partial charge is 0.478 e. The molecule has 0 spiro atoms. The molecule has 0 aliphatic carbocycles. The lowest BCUT2D eigenvalue weighted by molar-refractivity contribution is -0.275. The Labute approximate surface area is 157 Å². The average molecular weight is 418 g/mol. The van der Waals surface area contributed by atoms with Crippen LogP contribution in [0.5, 0.6) is 0 Å². The van der Waals surface area contributed by atoms with Crippen molar-refractivity contribution in [2.24, 2.45) is 4.99 Å². The van der Waals surface area contributed by atoms with Crippen molar-refractivity contribution in [1.29, 1.82) is 0 Å². The van der Waals surface area contributed by atoms with Gasteiger partial charge in [-0.3, -0.25) is 0 Å². The van der Waals surface area contributed by atoms with Gasteiger partial charge in [0, 0.05) is 0 Å². The Morgan fingerprint density at radius 1 is 1.32 bits per heavy atom. The van der Waals surface area contributed by atoms with E-state index in [-0.39, 0.29) is 18.1 Å². The average Bonchev–Trinajstić information content (AvgIpc) is 2.86. The van der Waals surface area contributed by atoms with E-state index in [1.165, 1.54) is 0 Å². The van der Waals surface area contributed by atoms with Crippen LogP contribution in [0.1, 0.15) is 13.8 Å². The summed E-state index contributed by atoms with van der Waals surface area (Å²) >= 11 is 16.3. The summed E-state index contributed by atoms with van der Waals surface area (Å²) < 4.78 is 12.9. The van der Waals surface area contributed by atoms with Crippen molar-refractivity contribution in [2.75, 3.05) is 13.2 Å². The van der Waals surface area contributed by atoms with E-state index in [2.05, 4.69) is 9.73 Å². The van der Waals surface area contributed by atoms with E-state index >= 15 is 0 Å². The minimum Gasteiger partial charge on any atom is -0.478 e. The fourth-order valence-corrected chi connectivity index (χ4v) is 2.60. The van der Waals surface area contributed by atoms with Crippen molar-refractivity contribution in [1.82, 2.24) is 5.06 Å². The number of carboxylic acids is 1. The molecule has 25 heavy (non-hydrogen) atoms. The second-order valence-corrected chi connectivity index (χ2v) is 8.02. The third-order valence-corrected chi connectivity index (χ3v) is 3.77. The van der Waals surface area contributed by atoms with Gasteiger partial charge in [-0.1, -0.05) is 40.4 Å². The molecule has 2 aliphatic heterocycles. The molecule has 2 rings (SSSR count). The predicted molar refractivity (Wildman–Crippen MR) is 87.1 cm³/mol. The number of ether oxygens (including phenoxy) is 3. The van der Waals surface area contributed by atoms with Gasteiger partial charge < -0.3 is 24.5 Å². The van der Waals surface area contributed by atoms with Crippen molar-refractivity contribution in [3.63, 3.8) is 0 Å². The van der Waals surface area contributed by atoms with E-state index in [0.29, 0.717) is 5.57 Å². The van der Waals surface area contributed by atoms with Crippen LogP contribution < -0.4 is 0 Å². The maximum atomic E-state index is 11.4. The molecule has 2 heterocycles. The van der Waals surface area contributed by atoms with Crippen LogP contribution in [0.4, 0.5) is 4.79 Å². The molecule has 0 bridgehead atoms. The van der Waals surface area contributed by atoms with E-state index in [4.69, 9.17) is 44.3 Å². The highest BCUT2D eigenvalue weighted by atomic mass is 35.6. The van der Waals surface area contributed by atoms with Crippen LogP contribution in [0.3, 0.4) is 0 Å². The Balaban J connectivity index is 1.94. The van der Waals surface area contributed by atoms with E-state index in [1.807, 2.05) is 0 Å². The first kappa shape index (κ1) is 20.1. The minimum atomic E-state index is -1.76. The van der Waals surface area contributed by atoms with Gasteiger partial charge in [-0.25, -0.2) is 14.6 Å². The Hall–Kier alpha value is -1.26. The van der Waals surface area contributed by atoms with E-state index in [9.17, 15) is 19.9 Å². The number of alkyl halides is 3. The Kier molecular flexibility index (Phi) is 6.05. The van der Waals surface area contributed by atoms with Crippen molar-refractivity contribution in [3.8, 4) is 0 Å². The number of allylic oxidation sites excluding steroid dienone is 1. The lowest BCUT2D eigenvalue weighted by Gasteiger charge is -2.44. The van der Waals surface area contributed by atoms with Gasteiger partial charge in [-0.05, 0) is 13.8 Å². The summed E-state index contributed by atoms with van der Waals surface area (Å²) in [5.41, 5.74) is 0.561. The molecule has 12 heteroatoms. The molecule has 1 fully saturated rings. The zero-order chi connectivity index (χ0) is 18.9. The number of hydroxylamine groups is 2. The SMILES string of the molecule is CC(C)=C(C(=O)O)C1C2N=C(COC(=O)OCC(Cl)(Cl)Cl)OC2N1O. The Morgan fingerprint density at radius 2 is 1.96 bits per heavy atom. The van der Waals surface area contributed by atoms with Crippen LogP contribution in [-0.4, -0.2) is 68.7 Å². The quantitative estimate of drug-likeness (QED) is 0.397. The summed E-state index contributed by atoms with van der Waals surface area (Å²) in [5, 5.41) is 20.0. The first-order valence-electron chi connectivity index (χ1n) is 6.98. The zero-order valence-corrected chi connectivity index (χ0v) is 15.4. The summed E-state index contributed by atoms with van der Waals surface area (Å²) in [7, 11) is 0. The van der Waals surface area contributed by atoms with Crippen LogP contribution in [0, 0.1) is 0 Å². The topological polar surface area (TPSA) is 118 Å². The fraction of sp³-hybridized carbons (Fsp3) is 0.615. The highest BCUT2D eigenvalue weighted by Gasteiger charge is 2.57. The normalized spacial score (nSPS) is 25.2. The van der Waals surface area contributed by atoms with Crippen molar-refractivity contribution >= 4 is 52.8 Å². The number of aliphatic imine (C=N–C) groups is 1. The van der Waals surface area contributed by atoms with Gasteiger partial charge >= 0.3 is 12.1 Å². The van der Waals surface area contributed by atoms with Crippen LogP contribution >= 0.6 is 34.8 Å². The highest BCUT2D eigenvalue weighted by Crippen LogP contribution is 2.37. The molecular weight excluding hydrogens is 403 g/mol. The van der Waals surface area contributed by atoms with Crippen LogP contribution in [0.15, 0.2) is 16.1 Å². The van der Waals surface area contributed by atoms with E-state index in [0.717, 1.165) is 5.06 Å². The summed E-state index contributed by atoms with van der Waals surface area (Å²) in [4.78, 5) is 26.9. The molecule has 1 saturated heterocycles. The van der Waals surface area contributed by atoms with Gasteiger partial charge in [0.05, 0.1) is 11.6 Å². The highest BCUT2D eigenvalue weighted by molar-refractivity contribution is 6.67. The molecule has 0 aromatic rings. The first-order chi connectivity index (χ1) is 11.5. The maximum Gasteiger partial charge on any atom is 0.508 e. The number of carbonyl (C=O) groups is 2. The number of carboxylic acid groups (broad SMARTS) is 1. The van der Waals surface area contributed by atoms with Gasteiger partial charge in [0.25, 0.3) is 0 Å². The third-order valence-electron chi connectivity index (χ3n) is 3.44. The lowest BCUT2D eigenvalue weighted by atomic mass is 9.88. The zero-order valence-electron chi connectivity index (χ0n) is 13.1. The molecule has 3 unspecified atom stereocenters. The molecule has 3 atom stereocenters. The van der Waals surface area contributed by atoms with Gasteiger partial charge in [0.1, 0.15) is 12.6 Å². The monoisotopic (exact) mass is 416 g/mol. The number of halogens is 3. The Bertz CT molecular complexity index is 628. The van der Waals surface area contributed by atoms with Gasteiger partial charge in [0.2, 0.25) is 15.9 Å². The largest absolute Gasteiger partial charge is 0.508 e. The van der Waals surface area contributed by atoms with Gasteiger partial charge in [-0.2, -0.15) is 0 Å². The summed E-state index contributed by atoms with van der Waals surface area (Å²) in [6, 6.07) is -1.47. The fourth-order valence-electron chi connectivity index (χ4n) is 2.43. The van der Waals surface area contributed by atoms with Crippen molar-refractivity contribution in [3.05, 3.63) is 11.1 Å². The molecule has 0 radical (unpaired) electrons. The predicted octanol–water partition coefficient (Wildman–Crippen LogP) is 2.13. The van der Waals surface area contributed by atoms with E-state index in [1.54, 1.807) is 13.8 Å². The molecule has 9 nitrogen and oxygen atoms in total. The molecule has 0 aromatic carbocycles. The summed E-state index contributed by atoms with van der Waals surface area (Å²) in [6.07, 6.45) is -1.93. The van der Waals surface area contributed by atoms with Crippen LogP contribution in [0.2, 0.25) is 0 Å². The van der Waals surface area contributed by atoms with Crippen molar-refractivity contribution < 1.29 is 34.1 Å². The first-order valence-corrected chi connectivity index (χ1v) is 8.12. The second-order valence-electron chi connectivity index (χ2n) is 5.51. The molecule has 0 aromatic heterocycles. The summed E-state index contributed by atoms with van der Waals surface area (Å²) in [6.45, 7) is 2.37. The number of carbonyl (C=O) groups excluding carboxylic acids is 1. The number of hydrogen-bond donors (Lipinski definition) is 2. The summed E-state index contributed by atoms with van der Waals surface area (Å²) in [5.74, 6) is -1.14. The number of aliphatic carboxylic acids is 1. The molecule has 2 aliphatic rings. The Morgan fingerprint density at radius 3 is 2.48 bits per heavy atom. The number of nitrogens with zero attached hydrogens (tertiary/aromatic N) is 2. The van der Waals surface area contributed by atoms with Crippen molar-refractivity contribution in [2.45, 2.75) is 36.0 Å². The van der Waals surface area contributed by atoms with E-state index < -0.39 is 40.8 Å². The number of hydrogen-bond acceptors (Lipinski definition) is 8. The van der Waals surface area contributed by atoms with Gasteiger partial charge in [-0.15, -0.1) is 5.06 Å². The standard InChI is InChI=1S/C13H15Cl3N2O7/c1-5(2)7(11(19)20)9-8-10(18(9)22)25-6(17-8)3-23-12(21)24-4-13(14,15)16/h8-10,22H,3-4H2,1-2H3,(H,19,20). The maximum absolute atomic E-state index is 11.4. The second kappa shape index (κ2) is 7.55.